The van der Waals surface area contributed by atoms with Crippen molar-refractivity contribution in [2.45, 2.75) is 38.0 Å². The van der Waals surface area contributed by atoms with Crippen LogP contribution >= 0.6 is 0 Å². The summed E-state index contributed by atoms with van der Waals surface area (Å²) >= 11 is 0. The minimum absolute atomic E-state index is 0.221. The molecule has 0 amide bonds. The first kappa shape index (κ1) is 15.7. The maximum atomic E-state index is 14.6. The molecule has 0 radical (unpaired) electrons. The Balaban J connectivity index is 2.28. The van der Waals surface area contributed by atoms with E-state index in [1.54, 1.807) is 0 Å². The molecule has 1 N–H and O–H groups in total. The number of hydrogen-bond donors (Lipinski definition) is 1. The summed E-state index contributed by atoms with van der Waals surface area (Å²) in [5.41, 5.74) is -0.329. The van der Waals surface area contributed by atoms with Crippen LogP contribution in [-0.4, -0.2) is 16.8 Å². The molecule has 0 bridgehead atoms. The van der Waals surface area contributed by atoms with Crippen LogP contribution in [0.4, 0.5) is 8.78 Å². The molecule has 4 heteroatoms. The van der Waals surface area contributed by atoms with E-state index in [1.165, 1.54) is 30.3 Å². The van der Waals surface area contributed by atoms with E-state index in [1.807, 2.05) is 0 Å². The van der Waals surface area contributed by atoms with E-state index in [0.717, 1.165) is 19.3 Å². The smallest absolute Gasteiger partial charge is 0.316 e. The van der Waals surface area contributed by atoms with E-state index in [4.69, 9.17) is 0 Å². The number of hydrogen-bond acceptors (Lipinski definition) is 2. The number of halogens is 2. The topological polar surface area (TPSA) is 37.3 Å². The van der Waals surface area contributed by atoms with Gasteiger partial charge in [-0.25, -0.2) is 0 Å². The van der Waals surface area contributed by atoms with Gasteiger partial charge in [-0.2, -0.15) is 8.78 Å². The average Bonchev–Trinajstić information content (AvgIpc) is 2.48. The Hall–Kier alpha value is -1.71. The minimum atomic E-state index is -3.54. The van der Waals surface area contributed by atoms with Gasteiger partial charge in [0.25, 0.3) is 0 Å². The lowest BCUT2D eigenvalue weighted by Gasteiger charge is -2.33. The minimum Gasteiger partial charge on any atom is -0.507 e. The summed E-state index contributed by atoms with van der Waals surface area (Å²) in [5, 5.41) is 9.63. The molecule has 1 aromatic carbocycles. The number of carbonyl (C=O) groups is 1. The zero-order valence-electron chi connectivity index (χ0n) is 11.9. The monoisotopic (exact) mass is 294 g/mol. The highest BCUT2D eigenvalue weighted by Gasteiger charge is 2.49. The predicted octanol–water partition coefficient (Wildman–Crippen LogP) is 4.59. The van der Waals surface area contributed by atoms with Gasteiger partial charge >= 0.3 is 5.92 Å². The quantitative estimate of drug-likeness (QED) is 0.637. The first-order valence-corrected chi connectivity index (χ1v) is 7.31. The molecule has 1 aliphatic carbocycles. The van der Waals surface area contributed by atoms with Gasteiger partial charge in [-0.1, -0.05) is 37.5 Å². The van der Waals surface area contributed by atoms with Gasteiger partial charge in [-0.15, -0.1) is 6.58 Å². The summed E-state index contributed by atoms with van der Waals surface area (Å²) < 4.78 is 29.2. The molecule has 0 aromatic heterocycles. The van der Waals surface area contributed by atoms with Crippen LogP contribution in [0.1, 0.15) is 42.5 Å². The zero-order valence-corrected chi connectivity index (χ0v) is 11.9. The number of carbonyl (C=O) groups excluding carboxylic acids is 1. The van der Waals surface area contributed by atoms with E-state index < -0.39 is 23.4 Å². The number of aromatic hydroxyl groups is 1. The molecule has 0 heterocycles. The lowest BCUT2D eigenvalue weighted by molar-refractivity contribution is -0.0383. The molecule has 2 rings (SSSR count). The van der Waals surface area contributed by atoms with Crippen LogP contribution in [0.25, 0.3) is 0 Å². The molecule has 2 nitrogen and oxygen atoms in total. The van der Waals surface area contributed by atoms with Gasteiger partial charge in [0, 0.05) is 0 Å². The first-order valence-electron chi connectivity index (χ1n) is 7.31. The fourth-order valence-electron chi connectivity index (χ4n) is 3.13. The summed E-state index contributed by atoms with van der Waals surface area (Å²) in [5.74, 6) is -6.67. The van der Waals surface area contributed by atoms with E-state index in [2.05, 4.69) is 6.58 Å². The van der Waals surface area contributed by atoms with Gasteiger partial charge < -0.3 is 5.11 Å². The number of alkyl halides is 2. The second-order valence-corrected chi connectivity index (χ2v) is 5.63. The molecule has 0 aliphatic heterocycles. The van der Waals surface area contributed by atoms with Crippen LogP contribution < -0.4 is 0 Å². The van der Waals surface area contributed by atoms with E-state index in [9.17, 15) is 18.7 Å². The van der Waals surface area contributed by atoms with Crippen molar-refractivity contribution in [1.29, 1.82) is 0 Å². The number of Topliss-reactive ketones (excluding diaryl/α,β-unsaturated/α-hetero) is 1. The van der Waals surface area contributed by atoms with Crippen LogP contribution in [-0.2, 0) is 0 Å². The molecule has 0 saturated heterocycles. The van der Waals surface area contributed by atoms with E-state index in [0.29, 0.717) is 12.8 Å². The third-order valence-electron chi connectivity index (χ3n) is 4.28. The van der Waals surface area contributed by atoms with Crippen molar-refractivity contribution in [1.82, 2.24) is 0 Å². The molecule has 0 spiro atoms. The maximum absolute atomic E-state index is 14.6. The zero-order chi connectivity index (χ0) is 15.5. The Labute approximate surface area is 123 Å². The number of phenols is 1. The fourth-order valence-corrected chi connectivity index (χ4v) is 3.13. The summed E-state index contributed by atoms with van der Waals surface area (Å²) in [4.78, 5) is 12.2. The molecule has 1 atom stereocenters. The van der Waals surface area contributed by atoms with Crippen molar-refractivity contribution < 1.29 is 18.7 Å². The second kappa shape index (κ2) is 6.37. The molecule has 1 aliphatic rings. The Morgan fingerprint density at radius 3 is 2.48 bits per heavy atom. The van der Waals surface area contributed by atoms with Crippen LogP contribution in [0.2, 0.25) is 0 Å². The van der Waals surface area contributed by atoms with Gasteiger partial charge in [0.1, 0.15) is 5.75 Å². The highest BCUT2D eigenvalue weighted by Crippen LogP contribution is 2.41. The normalized spacial score (nSPS) is 18.2. The maximum Gasteiger partial charge on any atom is 0.316 e. The van der Waals surface area contributed by atoms with Crippen molar-refractivity contribution in [3.8, 4) is 5.75 Å². The number of allylic oxidation sites excluding steroid dienone is 1. The molecular weight excluding hydrogens is 274 g/mol. The number of phenolic OH excluding ortho intramolecular Hbond substituents is 1. The Kier molecular flexibility index (Phi) is 4.76. The number of benzene rings is 1. The highest BCUT2D eigenvalue weighted by atomic mass is 19.3. The van der Waals surface area contributed by atoms with Crippen LogP contribution in [0, 0.1) is 11.8 Å². The second-order valence-electron chi connectivity index (χ2n) is 5.63. The van der Waals surface area contributed by atoms with Gasteiger partial charge in [0.15, 0.2) is 0 Å². The standard InChI is InChI=1S/C17H20F2O2/c1-2-14(12-8-4-3-5-9-12)17(18,19)16(21)13-10-6-7-11-15(13)20/h2,6-7,10-12,14,20H,1,3-5,8-9H2/t14-/m0/s1. The summed E-state index contributed by atoms with van der Waals surface area (Å²) in [6.07, 6.45) is 5.47. The van der Waals surface area contributed by atoms with E-state index in [-0.39, 0.29) is 11.5 Å². The lowest BCUT2D eigenvalue weighted by atomic mass is 9.75. The largest absolute Gasteiger partial charge is 0.507 e. The van der Waals surface area contributed by atoms with E-state index >= 15 is 0 Å². The number of para-hydroxylation sites is 1. The highest BCUT2D eigenvalue weighted by molar-refractivity contribution is 6.03. The Bertz CT molecular complexity index is 519. The van der Waals surface area contributed by atoms with Gasteiger partial charge in [0.2, 0.25) is 5.78 Å². The predicted molar refractivity (Wildman–Crippen MR) is 77.6 cm³/mol. The molecular formula is C17H20F2O2. The van der Waals surface area contributed by atoms with Gasteiger partial charge in [-0.3, -0.25) is 4.79 Å². The first-order chi connectivity index (χ1) is 9.98. The SMILES string of the molecule is C=C[C@@H](C1CCCCC1)C(F)(F)C(=O)c1ccccc1O. The Morgan fingerprint density at radius 1 is 1.29 bits per heavy atom. The summed E-state index contributed by atoms with van der Waals surface area (Å²) in [6.45, 7) is 3.51. The molecule has 1 fully saturated rings. The van der Waals surface area contributed by atoms with Crippen molar-refractivity contribution in [2.75, 3.05) is 0 Å². The third-order valence-corrected chi connectivity index (χ3v) is 4.28. The van der Waals surface area contributed by atoms with Gasteiger partial charge in [-0.05, 0) is 30.9 Å². The van der Waals surface area contributed by atoms with Crippen molar-refractivity contribution in [3.05, 3.63) is 42.5 Å². The molecule has 1 saturated carbocycles. The molecule has 0 unspecified atom stereocenters. The van der Waals surface area contributed by atoms with Crippen molar-refractivity contribution in [3.63, 3.8) is 0 Å². The van der Waals surface area contributed by atoms with Crippen LogP contribution in [0.15, 0.2) is 36.9 Å². The number of ketones is 1. The summed E-state index contributed by atoms with van der Waals surface area (Å²) in [7, 11) is 0. The third kappa shape index (κ3) is 3.14. The average molecular weight is 294 g/mol. The van der Waals surface area contributed by atoms with Crippen LogP contribution in [0.3, 0.4) is 0 Å². The molecule has 1 aromatic rings. The summed E-state index contributed by atoms with van der Waals surface area (Å²) in [6, 6.07) is 5.43. The Morgan fingerprint density at radius 2 is 1.90 bits per heavy atom. The fraction of sp³-hybridized carbons (Fsp3) is 0.471. The molecule has 114 valence electrons. The lowest BCUT2D eigenvalue weighted by Crippen LogP contribution is -2.41. The van der Waals surface area contributed by atoms with Crippen LogP contribution in [0.5, 0.6) is 5.75 Å². The van der Waals surface area contributed by atoms with Crippen molar-refractivity contribution >= 4 is 5.78 Å². The molecule has 21 heavy (non-hydrogen) atoms. The van der Waals surface area contributed by atoms with Gasteiger partial charge in [0.05, 0.1) is 11.5 Å². The van der Waals surface area contributed by atoms with Crippen molar-refractivity contribution in [2.24, 2.45) is 11.8 Å². The number of rotatable bonds is 5.